The van der Waals surface area contributed by atoms with Crippen LogP contribution in [0.15, 0.2) is 18.2 Å². The molecule has 1 amide bonds. The number of rotatable bonds is 8. The summed E-state index contributed by atoms with van der Waals surface area (Å²) < 4.78 is 15.3. The van der Waals surface area contributed by atoms with Gasteiger partial charge in [-0.15, -0.1) is 0 Å². The first-order chi connectivity index (χ1) is 9.97. The first-order valence-electron chi connectivity index (χ1n) is 6.30. The van der Waals surface area contributed by atoms with E-state index < -0.39 is 5.97 Å². The van der Waals surface area contributed by atoms with E-state index in [1.807, 2.05) is 0 Å². The maximum absolute atomic E-state index is 11.7. The number of hydrogen-bond donors (Lipinski definition) is 2. The number of nitrogens with one attached hydrogen (secondary N) is 1. The molecule has 0 fully saturated rings. The van der Waals surface area contributed by atoms with Gasteiger partial charge in [0.15, 0.2) is 18.1 Å². The van der Waals surface area contributed by atoms with Gasteiger partial charge in [-0.05, 0) is 25.1 Å². The van der Waals surface area contributed by atoms with Crippen molar-refractivity contribution in [3.63, 3.8) is 0 Å². The Morgan fingerprint density at radius 2 is 2.00 bits per heavy atom. The zero-order valence-corrected chi connectivity index (χ0v) is 12.2. The minimum atomic E-state index is -1.08. The molecule has 7 heteroatoms. The summed E-state index contributed by atoms with van der Waals surface area (Å²) in [6.45, 7) is 1.95. The van der Waals surface area contributed by atoms with Crippen LogP contribution in [0.1, 0.15) is 17.3 Å². The van der Waals surface area contributed by atoms with Crippen molar-refractivity contribution >= 4 is 11.9 Å². The van der Waals surface area contributed by atoms with Gasteiger partial charge in [-0.25, -0.2) is 4.79 Å². The summed E-state index contributed by atoms with van der Waals surface area (Å²) in [7, 11) is 2.98. The molecule has 0 bridgehead atoms. The van der Waals surface area contributed by atoms with Crippen LogP contribution < -0.4 is 14.8 Å². The molecule has 1 unspecified atom stereocenters. The lowest BCUT2D eigenvalue weighted by Gasteiger charge is -2.14. The topological polar surface area (TPSA) is 94.1 Å². The standard InChI is InChI=1S/C14H19NO6/c1-9(7-19-2)15-13(16)8-21-12-6-10(14(17)18)4-5-11(12)20-3/h4-6,9H,7-8H2,1-3H3,(H,15,16)(H,17,18). The van der Waals surface area contributed by atoms with E-state index in [0.29, 0.717) is 12.4 Å². The van der Waals surface area contributed by atoms with Crippen LogP contribution in [0.5, 0.6) is 11.5 Å². The first kappa shape index (κ1) is 16.8. The molecule has 0 radical (unpaired) electrons. The zero-order valence-electron chi connectivity index (χ0n) is 12.2. The Bertz CT molecular complexity index is 502. The van der Waals surface area contributed by atoms with Crippen LogP contribution in [0, 0.1) is 0 Å². The molecular formula is C14H19NO6. The predicted octanol–water partition coefficient (Wildman–Crippen LogP) is 0.923. The Kier molecular flexibility index (Phi) is 6.48. The minimum Gasteiger partial charge on any atom is -0.493 e. The number of carbonyl (C=O) groups excluding carboxylic acids is 1. The SMILES string of the molecule is COCC(C)NC(=O)COc1cc(C(=O)O)ccc1OC. The average Bonchev–Trinajstić information content (AvgIpc) is 2.44. The summed E-state index contributed by atoms with van der Waals surface area (Å²) in [5.41, 5.74) is 0.0546. The van der Waals surface area contributed by atoms with Crippen molar-refractivity contribution in [1.82, 2.24) is 5.32 Å². The van der Waals surface area contributed by atoms with Crippen LogP contribution in [-0.4, -0.2) is 50.5 Å². The fraction of sp³-hybridized carbons (Fsp3) is 0.429. The lowest BCUT2D eigenvalue weighted by atomic mass is 10.2. The fourth-order valence-corrected chi connectivity index (χ4v) is 1.67. The van der Waals surface area contributed by atoms with E-state index in [9.17, 15) is 9.59 Å². The number of hydrogen-bond acceptors (Lipinski definition) is 5. The molecule has 1 aromatic rings. The van der Waals surface area contributed by atoms with Gasteiger partial charge in [0.25, 0.3) is 5.91 Å². The molecular weight excluding hydrogens is 278 g/mol. The van der Waals surface area contributed by atoms with Gasteiger partial charge < -0.3 is 24.6 Å². The van der Waals surface area contributed by atoms with E-state index in [1.54, 1.807) is 14.0 Å². The Balaban J connectivity index is 2.67. The summed E-state index contributed by atoms with van der Waals surface area (Å²) in [6, 6.07) is 4.05. The molecule has 0 aliphatic carbocycles. The van der Waals surface area contributed by atoms with Gasteiger partial charge in [-0.2, -0.15) is 0 Å². The molecule has 1 rings (SSSR count). The van der Waals surface area contributed by atoms with Gasteiger partial charge >= 0.3 is 5.97 Å². The van der Waals surface area contributed by atoms with E-state index in [2.05, 4.69) is 5.32 Å². The number of benzene rings is 1. The third-order valence-corrected chi connectivity index (χ3v) is 2.59. The molecule has 0 spiro atoms. The minimum absolute atomic E-state index is 0.0546. The van der Waals surface area contributed by atoms with Crippen molar-refractivity contribution in [3.8, 4) is 11.5 Å². The Labute approximate surface area is 122 Å². The number of methoxy groups -OCH3 is 2. The number of ether oxygens (including phenoxy) is 3. The summed E-state index contributed by atoms with van der Waals surface area (Å²) in [5.74, 6) is -0.854. The van der Waals surface area contributed by atoms with Crippen molar-refractivity contribution in [2.75, 3.05) is 27.4 Å². The highest BCUT2D eigenvalue weighted by molar-refractivity contribution is 5.88. The van der Waals surface area contributed by atoms with E-state index >= 15 is 0 Å². The van der Waals surface area contributed by atoms with Gasteiger partial charge in [0.2, 0.25) is 0 Å². The number of aromatic carboxylic acids is 1. The summed E-state index contributed by atoms with van der Waals surface area (Å²) >= 11 is 0. The Morgan fingerprint density at radius 1 is 1.29 bits per heavy atom. The van der Waals surface area contributed by atoms with Gasteiger partial charge in [-0.3, -0.25) is 4.79 Å². The number of carboxylic acid groups (broad SMARTS) is 1. The Hall–Kier alpha value is -2.28. The maximum atomic E-state index is 11.7. The molecule has 0 aliphatic rings. The highest BCUT2D eigenvalue weighted by atomic mass is 16.5. The number of amides is 1. The molecule has 116 valence electrons. The molecule has 2 N–H and O–H groups in total. The van der Waals surface area contributed by atoms with E-state index in [4.69, 9.17) is 19.3 Å². The summed E-state index contributed by atoms with van der Waals surface area (Å²) in [5, 5.41) is 11.6. The fourth-order valence-electron chi connectivity index (χ4n) is 1.67. The van der Waals surface area contributed by atoms with Crippen LogP contribution in [0.2, 0.25) is 0 Å². The first-order valence-corrected chi connectivity index (χ1v) is 6.30. The lowest BCUT2D eigenvalue weighted by Crippen LogP contribution is -2.38. The van der Waals surface area contributed by atoms with Crippen LogP contribution >= 0.6 is 0 Å². The highest BCUT2D eigenvalue weighted by Crippen LogP contribution is 2.27. The molecule has 7 nitrogen and oxygen atoms in total. The second-order valence-electron chi connectivity index (χ2n) is 4.38. The van der Waals surface area contributed by atoms with Crippen molar-refractivity contribution in [1.29, 1.82) is 0 Å². The smallest absolute Gasteiger partial charge is 0.335 e. The van der Waals surface area contributed by atoms with Gasteiger partial charge in [0, 0.05) is 13.2 Å². The van der Waals surface area contributed by atoms with Gasteiger partial charge in [0.1, 0.15) is 0 Å². The zero-order chi connectivity index (χ0) is 15.8. The number of carbonyl (C=O) groups is 2. The van der Waals surface area contributed by atoms with Gasteiger partial charge in [-0.1, -0.05) is 0 Å². The van der Waals surface area contributed by atoms with Crippen LogP contribution in [0.3, 0.4) is 0 Å². The second kappa shape index (κ2) is 8.11. The van der Waals surface area contributed by atoms with E-state index in [-0.39, 0.29) is 29.9 Å². The van der Waals surface area contributed by atoms with Crippen LogP contribution in [0.25, 0.3) is 0 Å². The largest absolute Gasteiger partial charge is 0.493 e. The second-order valence-corrected chi connectivity index (χ2v) is 4.38. The summed E-state index contributed by atoms with van der Waals surface area (Å²) in [4.78, 5) is 22.6. The normalized spacial score (nSPS) is 11.6. The highest BCUT2D eigenvalue weighted by Gasteiger charge is 2.13. The molecule has 0 heterocycles. The third-order valence-electron chi connectivity index (χ3n) is 2.59. The molecule has 0 aromatic heterocycles. The predicted molar refractivity (Wildman–Crippen MR) is 74.9 cm³/mol. The quantitative estimate of drug-likeness (QED) is 0.741. The van der Waals surface area contributed by atoms with E-state index in [0.717, 1.165) is 0 Å². The molecule has 1 atom stereocenters. The average molecular weight is 297 g/mol. The molecule has 0 saturated carbocycles. The van der Waals surface area contributed by atoms with Crippen LogP contribution in [-0.2, 0) is 9.53 Å². The van der Waals surface area contributed by atoms with Crippen molar-refractivity contribution in [2.45, 2.75) is 13.0 Å². The molecule has 1 aromatic carbocycles. The maximum Gasteiger partial charge on any atom is 0.335 e. The lowest BCUT2D eigenvalue weighted by molar-refractivity contribution is -0.124. The van der Waals surface area contributed by atoms with Crippen LogP contribution in [0.4, 0.5) is 0 Å². The Morgan fingerprint density at radius 3 is 2.57 bits per heavy atom. The van der Waals surface area contributed by atoms with Gasteiger partial charge in [0.05, 0.1) is 19.3 Å². The summed E-state index contributed by atoms with van der Waals surface area (Å²) in [6.07, 6.45) is 0. The monoisotopic (exact) mass is 297 g/mol. The molecule has 0 saturated heterocycles. The van der Waals surface area contributed by atoms with Crippen molar-refractivity contribution < 1.29 is 28.9 Å². The molecule has 21 heavy (non-hydrogen) atoms. The van der Waals surface area contributed by atoms with Crippen molar-refractivity contribution in [3.05, 3.63) is 23.8 Å². The third kappa shape index (κ3) is 5.31. The molecule has 0 aliphatic heterocycles. The number of carboxylic acids is 1. The van der Waals surface area contributed by atoms with Crippen molar-refractivity contribution in [2.24, 2.45) is 0 Å². The van der Waals surface area contributed by atoms with E-state index in [1.165, 1.54) is 25.3 Å².